The fraction of sp³-hybridized carbons (Fsp3) is 0.200. The molecule has 1 rings (SSSR count). The molecular formula is C10H13N3O4. The molecule has 1 heterocycles. The first kappa shape index (κ1) is 12.6. The Morgan fingerprint density at radius 1 is 1.53 bits per heavy atom. The smallest absolute Gasteiger partial charge is 0.334 e. The minimum Gasteiger partial charge on any atom is -0.463 e. The van der Waals surface area contributed by atoms with Crippen LogP contribution in [-0.4, -0.2) is 18.5 Å². The second-order valence-corrected chi connectivity index (χ2v) is 2.91. The van der Waals surface area contributed by atoms with Crippen molar-refractivity contribution >= 4 is 11.9 Å². The number of furan rings is 1. The minimum atomic E-state index is -0.593. The molecule has 0 spiro atoms. The van der Waals surface area contributed by atoms with Gasteiger partial charge >= 0.3 is 11.9 Å². The van der Waals surface area contributed by atoms with Crippen LogP contribution in [0.1, 0.15) is 17.5 Å². The first-order valence-corrected chi connectivity index (χ1v) is 4.87. The molecule has 17 heavy (non-hydrogen) atoms. The zero-order chi connectivity index (χ0) is 12.7. The Balaban J connectivity index is 2.40. The lowest BCUT2D eigenvalue weighted by Crippen LogP contribution is -2.39. The molecule has 0 saturated carbocycles. The zero-order valence-corrected chi connectivity index (χ0v) is 9.23. The molecule has 1 aromatic heterocycles. The monoisotopic (exact) mass is 239 g/mol. The van der Waals surface area contributed by atoms with Gasteiger partial charge in [0.1, 0.15) is 5.82 Å². The number of hydrazine groups is 1. The van der Waals surface area contributed by atoms with Crippen LogP contribution in [-0.2, 0) is 9.53 Å². The summed E-state index contributed by atoms with van der Waals surface area (Å²) in [5.74, 6) is -1.01. The Morgan fingerprint density at radius 3 is 2.88 bits per heavy atom. The Kier molecular flexibility index (Phi) is 4.61. The van der Waals surface area contributed by atoms with Gasteiger partial charge in [-0.15, -0.1) is 0 Å². The van der Waals surface area contributed by atoms with E-state index in [1.54, 1.807) is 13.0 Å². The van der Waals surface area contributed by atoms with Crippen molar-refractivity contribution in [2.45, 2.75) is 6.92 Å². The van der Waals surface area contributed by atoms with Gasteiger partial charge in [-0.1, -0.05) is 0 Å². The van der Waals surface area contributed by atoms with Crippen molar-refractivity contribution in [1.82, 2.24) is 10.9 Å². The Bertz CT molecular complexity index is 411. The normalized spacial score (nSPS) is 10.8. The fourth-order valence-electron chi connectivity index (χ4n) is 0.945. The van der Waals surface area contributed by atoms with Crippen LogP contribution >= 0.6 is 0 Å². The van der Waals surface area contributed by atoms with E-state index in [0.29, 0.717) is 0 Å². The van der Waals surface area contributed by atoms with Gasteiger partial charge in [-0.2, -0.15) is 0 Å². The van der Waals surface area contributed by atoms with Crippen LogP contribution in [0.4, 0.5) is 0 Å². The molecule has 0 aliphatic rings. The van der Waals surface area contributed by atoms with Gasteiger partial charge in [-0.25, -0.2) is 4.79 Å². The predicted molar refractivity (Wildman–Crippen MR) is 58.2 cm³/mol. The van der Waals surface area contributed by atoms with Gasteiger partial charge < -0.3 is 14.9 Å². The third-order valence-corrected chi connectivity index (χ3v) is 1.63. The number of hydrogen-bond donors (Lipinski definition) is 3. The number of rotatable bonds is 5. The second-order valence-electron chi connectivity index (χ2n) is 2.91. The Labute approximate surface area is 97.6 Å². The summed E-state index contributed by atoms with van der Waals surface area (Å²) in [6, 6.07) is 3.06. The standard InChI is InChI=1S/C10H13N3O4/c1-2-16-9(14)6-8(11)12-13-10(15)7-4-3-5-17-7/h3-6,12H,2,11H2,1H3,(H,13,15). The van der Waals surface area contributed by atoms with Gasteiger partial charge in [0.05, 0.1) is 18.9 Å². The summed E-state index contributed by atoms with van der Waals surface area (Å²) >= 11 is 0. The number of carbonyl (C=O) groups excluding carboxylic acids is 2. The van der Waals surface area contributed by atoms with Crippen LogP contribution in [0.25, 0.3) is 0 Å². The Hall–Kier alpha value is -2.44. The molecule has 0 atom stereocenters. The van der Waals surface area contributed by atoms with E-state index >= 15 is 0 Å². The van der Waals surface area contributed by atoms with E-state index in [9.17, 15) is 9.59 Å². The summed E-state index contributed by atoms with van der Waals surface area (Å²) in [5.41, 5.74) is 10.00. The van der Waals surface area contributed by atoms with E-state index in [-0.39, 0.29) is 18.2 Å². The van der Waals surface area contributed by atoms with E-state index in [0.717, 1.165) is 6.08 Å². The van der Waals surface area contributed by atoms with Gasteiger partial charge in [0.15, 0.2) is 5.76 Å². The lowest BCUT2D eigenvalue weighted by molar-refractivity contribution is -0.137. The van der Waals surface area contributed by atoms with Crippen LogP contribution in [0, 0.1) is 0 Å². The molecule has 0 fully saturated rings. The quantitative estimate of drug-likeness (QED) is 0.375. The van der Waals surface area contributed by atoms with Crippen molar-refractivity contribution in [2.24, 2.45) is 5.73 Å². The Morgan fingerprint density at radius 2 is 2.29 bits per heavy atom. The largest absolute Gasteiger partial charge is 0.463 e. The number of carbonyl (C=O) groups is 2. The zero-order valence-electron chi connectivity index (χ0n) is 9.23. The third kappa shape index (κ3) is 4.29. The summed E-state index contributed by atoms with van der Waals surface area (Å²) in [6.45, 7) is 1.93. The molecule has 0 saturated heterocycles. The van der Waals surface area contributed by atoms with E-state index in [1.165, 1.54) is 12.3 Å². The van der Waals surface area contributed by atoms with Gasteiger partial charge in [0.2, 0.25) is 0 Å². The number of nitrogens with two attached hydrogens (primary N) is 1. The highest BCUT2D eigenvalue weighted by molar-refractivity contribution is 5.91. The molecule has 0 aromatic carbocycles. The number of hydrogen-bond acceptors (Lipinski definition) is 6. The van der Waals surface area contributed by atoms with Gasteiger partial charge in [0.25, 0.3) is 0 Å². The van der Waals surface area contributed by atoms with Crippen molar-refractivity contribution in [2.75, 3.05) is 6.61 Å². The van der Waals surface area contributed by atoms with Crippen LogP contribution < -0.4 is 16.6 Å². The lowest BCUT2D eigenvalue weighted by atomic mass is 10.4. The third-order valence-electron chi connectivity index (χ3n) is 1.63. The number of esters is 1. The first-order valence-electron chi connectivity index (χ1n) is 4.87. The maximum Gasteiger partial charge on any atom is 0.334 e. The van der Waals surface area contributed by atoms with E-state index in [2.05, 4.69) is 15.6 Å². The molecule has 0 unspecified atom stereocenters. The highest BCUT2D eigenvalue weighted by Gasteiger charge is 2.07. The maximum atomic E-state index is 11.4. The molecule has 0 aliphatic heterocycles. The topological polar surface area (TPSA) is 107 Å². The molecule has 7 nitrogen and oxygen atoms in total. The highest BCUT2D eigenvalue weighted by atomic mass is 16.5. The van der Waals surface area contributed by atoms with Gasteiger partial charge in [-0.05, 0) is 19.1 Å². The van der Waals surface area contributed by atoms with Crippen LogP contribution in [0.5, 0.6) is 0 Å². The molecule has 1 amide bonds. The van der Waals surface area contributed by atoms with Crippen LogP contribution in [0.15, 0.2) is 34.7 Å². The minimum absolute atomic E-state index is 0.0386. The molecule has 92 valence electrons. The molecular weight excluding hydrogens is 226 g/mol. The molecule has 1 aromatic rings. The van der Waals surface area contributed by atoms with Crippen molar-refractivity contribution in [3.05, 3.63) is 36.1 Å². The molecule has 0 radical (unpaired) electrons. The maximum absolute atomic E-state index is 11.4. The van der Waals surface area contributed by atoms with Gasteiger partial charge in [-0.3, -0.25) is 15.6 Å². The summed E-state index contributed by atoms with van der Waals surface area (Å²) in [5, 5.41) is 0. The number of nitrogens with one attached hydrogen (secondary N) is 2. The van der Waals surface area contributed by atoms with E-state index in [1.807, 2.05) is 0 Å². The predicted octanol–water partition coefficient (Wildman–Crippen LogP) is -0.123. The fourth-order valence-corrected chi connectivity index (χ4v) is 0.945. The lowest BCUT2D eigenvalue weighted by Gasteiger charge is -2.06. The van der Waals surface area contributed by atoms with Crippen molar-refractivity contribution in [3.63, 3.8) is 0 Å². The second kappa shape index (κ2) is 6.21. The summed E-state index contributed by atoms with van der Waals surface area (Å²) in [4.78, 5) is 22.3. The van der Waals surface area contributed by atoms with E-state index in [4.69, 9.17) is 10.2 Å². The molecule has 4 N–H and O–H groups in total. The SMILES string of the molecule is CCOC(=O)C=C(N)NNC(=O)c1ccco1. The van der Waals surface area contributed by atoms with Crippen molar-refractivity contribution in [1.29, 1.82) is 0 Å². The highest BCUT2D eigenvalue weighted by Crippen LogP contribution is 1.98. The first-order chi connectivity index (χ1) is 8.13. The summed E-state index contributed by atoms with van der Waals surface area (Å²) in [6.07, 6.45) is 2.39. The summed E-state index contributed by atoms with van der Waals surface area (Å²) in [7, 11) is 0. The number of ether oxygens (including phenoxy) is 1. The van der Waals surface area contributed by atoms with Gasteiger partial charge in [0, 0.05) is 0 Å². The van der Waals surface area contributed by atoms with E-state index < -0.39 is 11.9 Å². The van der Waals surface area contributed by atoms with Crippen LogP contribution in [0.2, 0.25) is 0 Å². The molecule has 7 heteroatoms. The van der Waals surface area contributed by atoms with Crippen LogP contribution in [0.3, 0.4) is 0 Å². The number of amides is 1. The van der Waals surface area contributed by atoms with Crippen molar-refractivity contribution < 1.29 is 18.7 Å². The summed E-state index contributed by atoms with van der Waals surface area (Å²) < 4.78 is 9.47. The van der Waals surface area contributed by atoms with Crippen molar-refractivity contribution in [3.8, 4) is 0 Å². The molecule has 0 bridgehead atoms. The average molecular weight is 239 g/mol. The molecule has 0 aliphatic carbocycles. The average Bonchev–Trinajstić information content (AvgIpc) is 2.79.